The first-order valence-electron chi connectivity index (χ1n) is 11.3. The predicted octanol–water partition coefficient (Wildman–Crippen LogP) is 6.00. The van der Waals surface area contributed by atoms with Gasteiger partial charge in [-0.3, -0.25) is 9.59 Å². The number of carbonyl (C=O) groups excluding carboxylic acids is 2. The molecule has 1 N–H and O–H groups in total. The van der Waals surface area contributed by atoms with Crippen molar-refractivity contribution in [1.82, 2.24) is 5.16 Å². The Labute approximate surface area is 209 Å². The number of nitrogens with zero attached hydrogens (tertiary/aromatic N) is 2. The minimum absolute atomic E-state index is 0.232. The van der Waals surface area contributed by atoms with E-state index in [4.69, 9.17) is 4.52 Å². The molecule has 0 saturated heterocycles. The SMILES string of the molecule is Cc1cc(NC(=O)c2ccccc2OC(F)(F)F)ccc1C(=O)N1CCc2cnoc2-c2ccccc21. The molecule has 0 bridgehead atoms. The summed E-state index contributed by atoms with van der Waals surface area (Å²) in [7, 11) is 0. The highest BCUT2D eigenvalue weighted by molar-refractivity contribution is 6.10. The zero-order valence-corrected chi connectivity index (χ0v) is 19.5. The molecule has 10 heteroatoms. The van der Waals surface area contributed by atoms with E-state index in [1.54, 1.807) is 30.2 Å². The lowest BCUT2D eigenvalue weighted by Crippen LogP contribution is -2.33. The average molecular weight is 507 g/mol. The molecule has 0 unspecified atom stereocenters. The summed E-state index contributed by atoms with van der Waals surface area (Å²) in [5, 5.41) is 6.46. The van der Waals surface area contributed by atoms with E-state index in [0.717, 1.165) is 17.2 Å². The standard InChI is InChI=1S/C27H20F3N3O4/c1-16-14-18(32-25(34)21-7-3-5-9-23(21)36-27(28,29)30)10-11-19(16)26(35)33-13-12-17-15-31-37-24(17)20-6-2-4-8-22(20)33/h2-11,14-15H,12-13H2,1H3,(H,32,34). The Morgan fingerprint density at radius 1 is 1.03 bits per heavy atom. The Bertz CT molecular complexity index is 1500. The maximum atomic E-state index is 13.6. The lowest BCUT2D eigenvalue weighted by atomic mass is 10.0. The van der Waals surface area contributed by atoms with Crippen LogP contribution < -0.4 is 15.0 Å². The third-order valence-corrected chi connectivity index (χ3v) is 6.01. The molecule has 0 aliphatic carbocycles. The van der Waals surface area contributed by atoms with Crippen molar-refractivity contribution in [1.29, 1.82) is 0 Å². The van der Waals surface area contributed by atoms with Gasteiger partial charge in [-0.2, -0.15) is 0 Å². The molecule has 1 aliphatic heterocycles. The topological polar surface area (TPSA) is 84.7 Å². The Hall–Kier alpha value is -4.60. The summed E-state index contributed by atoms with van der Waals surface area (Å²) in [6.45, 7) is 2.14. The van der Waals surface area contributed by atoms with Crippen molar-refractivity contribution < 1.29 is 32.0 Å². The van der Waals surface area contributed by atoms with Crippen LogP contribution >= 0.6 is 0 Å². The van der Waals surface area contributed by atoms with Crippen molar-refractivity contribution >= 4 is 23.2 Å². The molecule has 5 rings (SSSR count). The number of ether oxygens (including phenoxy) is 1. The molecule has 188 valence electrons. The second kappa shape index (κ2) is 9.45. The highest BCUT2D eigenvalue weighted by Gasteiger charge is 2.33. The molecular weight excluding hydrogens is 487 g/mol. The van der Waals surface area contributed by atoms with Crippen LogP contribution in [0.1, 0.15) is 31.8 Å². The van der Waals surface area contributed by atoms with E-state index in [1.165, 1.54) is 24.3 Å². The van der Waals surface area contributed by atoms with E-state index in [9.17, 15) is 22.8 Å². The maximum Gasteiger partial charge on any atom is 0.573 e. The van der Waals surface area contributed by atoms with Crippen molar-refractivity contribution in [2.24, 2.45) is 0 Å². The van der Waals surface area contributed by atoms with Crippen molar-refractivity contribution in [2.45, 2.75) is 19.7 Å². The monoisotopic (exact) mass is 507 g/mol. The maximum absolute atomic E-state index is 13.6. The van der Waals surface area contributed by atoms with Gasteiger partial charge in [0.2, 0.25) is 0 Å². The number of fused-ring (bicyclic) bond motifs is 3. The average Bonchev–Trinajstić information content (AvgIpc) is 3.26. The summed E-state index contributed by atoms with van der Waals surface area (Å²) in [4.78, 5) is 28.0. The lowest BCUT2D eigenvalue weighted by Gasteiger charge is -2.24. The number of aryl methyl sites for hydroxylation is 1. The number of anilines is 2. The Balaban J connectivity index is 1.39. The van der Waals surface area contributed by atoms with Crippen molar-refractivity contribution in [3.05, 3.63) is 95.2 Å². The number of para-hydroxylation sites is 2. The van der Waals surface area contributed by atoms with Gasteiger partial charge in [0.25, 0.3) is 11.8 Å². The highest BCUT2D eigenvalue weighted by atomic mass is 19.4. The summed E-state index contributed by atoms with van der Waals surface area (Å²) in [5.74, 6) is -0.979. The molecule has 4 aromatic rings. The van der Waals surface area contributed by atoms with Crippen LogP contribution in [0.25, 0.3) is 11.3 Å². The zero-order chi connectivity index (χ0) is 26.2. The molecule has 1 aliphatic rings. The van der Waals surface area contributed by atoms with Gasteiger partial charge in [-0.25, -0.2) is 0 Å². The minimum atomic E-state index is -4.93. The Morgan fingerprint density at radius 3 is 2.57 bits per heavy atom. The van der Waals surface area contributed by atoms with E-state index in [2.05, 4.69) is 15.2 Å². The first-order valence-corrected chi connectivity index (χ1v) is 11.3. The number of aromatic nitrogens is 1. The van der Waals surface area contributed by atoms with Crippen LogP contribution in [-0.4, -0.2) is 29.9 Å². The zero-order valence-electron chi connectivity index (χ0n) is 19.5. The van der Waals surface area contributed by atoms with Gasteiger partial charge in [0.05, 0.1) is 17.4 Å². The number of alkyl halides is 3. The van der Waals surface area contributed by atoms with Crippen LogP contribution in [0.2, 0.25) is 0 Å². The second-order valence-corrected chi connectivity index (χ2v) is 8.43. The number of amides is 2. The first kappa shape index (κ1) is 24.1. The normalized spacial score (nSPS) is 12.8. The fourth-order valence-electron chi connectivity index (χ4n) is 4.32. The second-order valence-electron chi connectivity index (χ2n) is 8.43. The number of benzene rings is 3. The summed E-state index contributed by atoms with van der Waals surface area (Å²) in [5.41, 5.74) is 3.43. The Morgan fingerprint density at radius 2 is 1.78 bits per heavy atom. The predicted molar refractivity (Wildman–Crippen MR) is 130 cm³/mol. The third kappa shape index (κ3) is 4.90. The fourth-order valence-corrected chi connectivity index (χ4v) is 4.32. The Kier molecular flexibility index (Phi) is 6.16. The van der Waals surface area contributed by atoms with Gasteiger partial charge in [-0.15, -0.1) is 13.2 Å². The quantitative estimate of drug-likeness (QED) is 0.366. The van der Waals surface area contributed by atoms with Gasteiger partial charge >= 0.3 is 6.36 Å². The summed E-state index contributed by atoms with van der Waals surface area (Å²) in [6, 6.07) is 17.2. The summed E-state index contributed by atoms with van der Waals surface area (Å²) in [6.07, 6.45) is -2.72. The van der Waals surface area contributed by atoms with Crippen molar-refractivity contribution in [2.75, 3.05) is 16.8 Å². The van der Waals surface area contributed by atoms with Gasteiger partial charge in [0.1, 0.15) is 5.75 Å². The van der Waals surface area contributed by atoms with Crippen molar-refractivity contribution in [3.63, 3.8) is 0 Å². The van der Waals surface area contributed by atoms with E-state index >= 15 is 0 Å². The number of hydrogen-bond acceptors (Lipinski definition) is 5. The molecule has 1 aromatic heterocycles. The van der Waals surface area contributed by atoms with Gasteiger partial charge in [0.15, 0.2) is 5.76 Å². The molecular formula is C27H20F3N3O4. The third-order valence-electron chi connectivity index (χ3n) is 6.01. The van der Waals surface area contributed by atoms with E-state index in [0.29, 0.717) is 41.2 Å². The van der Waals surface area contributed by atoms with E-state index in [-0.39, 0.29) is 11.5 Å². The number of carbonyl (C=O) groups is 2. The number of nitrogens with one attached hydrogen (secondary N) is 1. The van der Waals surface area contributed by atoms with Gasteiger partial charge in [-0.05, 0) is 61.4 Å². The fraction of sp³-hybridized carbons (Fsp3) is 0.148. The molecule has 0 atom stereocenters. The molecule has 7 nitrogen and oxygen atoms in total. The number of rotatable bonds is 4. The lowest BCUT2D eigenvalue weighted by molar-refractivity contribution is -0.274. The molecule has 0 spiro atoms. The van der Waals surface area contributed by atoms with Gasteiger partial charge in [-0.1, -0.05) is 29.4 Å². The number of hydrogen-bond donors (Lipinski definition) is 1. The van der Waals surface area contributed by atoms with Gasteiger partial charge in [0, 0.05) is 28.9 Å². The largest absolute Gasteiger partial charge is 0.573 e. The van der Waals surface area contributed by atoms with Crippen LogP contribution in [0.15, 0.2) is 77.4 Å². The molecule has 0 saturated carbocycles. The number of halogens is 3. The summed E-state index contributed by atoms with van der Waals surface area (Å²) >= 11 is 0. The molecule has 3 aromatic carbocycles. The van der Waals surface area contributed by atoms with Crippen LogP contribution in [0.3, 0.4) is 0 Å². The van der Waals surface area contributed by atoms with Crippen LogP contribution in [-0.2, 0) is 6.42 Å². The first-order chi connectivity index (χ1) is 17.7. The van der Waals surface area contributed by atoms with Crippen LogP contribution in [0, 0.1) is 6.92 Å². The van der Waals surface area contributed by atoms with Crippen LogP contribution in [0.5, 0.6) is 5.75 Å². The highest BCUT2D eigenvalue weighted by Crippen LogP contribution is 2.37. The smallest absolute Gasteiger partial charge is 0.405 e. The van der Waals surface area contributed by atoms with Crippen molar-refractivity contribution in [3.8, 4) is 17.1 Å². The van der Waals surface area contributed by atoms with Crippen LogP contribution in [0.4, 0.5) is 24.5 Å². The van der Waals surface area contributed by atoms with Gasteiger partial charge < -0.3 is 19.5 Å². The molecule has 0 fully saturated rings. The molecule has 37 heavy (non-hydrogen) atoms. The summed E-state index contributed by atoms with van der Waals surface area (Å²) < 4.78 is 47.6. The minimum Gasteiger partial charge on any atom is -0.405 e. The van der Waals surface area contributed by atoms with E-state index < -0.39 is 18.0 Å². The van der Waals surface area contributed by atoms with E-state index in [1.807, 2.05) is 24.3 Å². The molecule has 0 radical (unpaired) electrons. The molecule has 2 amide bonds. The molecule has 2 heterocycles.